The fraction of sp³-hybridized carbons (Fsp3) is 0.125. The van der Waals surface area contributed by atoms with Gasteiger partial charge in [0, 0.05) is 20.6 Å². The van der Waals surface area contributed by atoms with Crippen molar-refractivity contribution >= 4 is 74.8 Å². The number of amides is 3. The van der Waals surface area contributed by atoms with E-state index in [2.05, 4.69) is 32.5 Å². The van der Waals surface area contributed by atoms with Gasteiger partial charge in [-0.05, 0) is 102 Å². The largest absolute Gasteiger partial charge is 0.323 e. The molecule has 33 heavy (non-hydrogen) atoms. The Morgan fingerprint density at radius 1 is 1.12 bits per heavy atom. The Bertz CT molecular complexity index is 1300. The van der Waals surface area contributed by atoms with Crippen LogP contribution in [0.25, 0.3) is 11.8 Å². The number of benzene rings is 2. The molecule has 0 saturated carbocycles. The lowest BCUT2D eigenvalue weighted by atomic mass is 10.2. The topological polar surface area (TPSA) is 71.4 Å². The second-order valence-corrected chi connectivity index (χ2v) is 10.1. The summed E-state index contributed by atoms with van der Waals surface area (Å²) in [6.45, 7) is 3.58. The molecule has 3 aromatic rings. The second kappa shape index (κ2) is 9.74. The van der Waals surface area contributed by atoms with Crippen LogP contribution in [-0.4, -0.2) is 33.1 Å². The van der Waals surface area contributed by atoms with E-state index >= 15 is 0 Å². The molecule has 0 aliphatic carbocycles. The van der Waals surface area contributed by atoms with Crippen LogP contribution in [0.2, 0.25) is 5.02 Å². The van der Waals surface area contributed by atoms with Crippen LogP contribution in [0.1, 0.15) is 17.0 Å². The number of imide groups is 1. The number of hydrogen-bond acceptors (Lipinski definition) is 4. The molecule has 1 fully saturated rings. The number of anilines is 1. The summed E-state index contributed by atoms with van der Waals surface area (Å²) in [7, 11) is 0. The van der Waals surface area contributed by atoms with Crippen molar-refractivity contribution in [3.63, 3.8) is 0 Å². The third kappa shape index (κ3) is 5.02. The number of carbonyl (C=O) groups excluding carboxylic acids is 3. The molecule has 2 heterocycles. The quantitative estimate of drug-likeness (QED) is 0.291. The molecule has 0 radical (unpaired) electrons. The summed E-state index contributed by atoms with van der Waals surface area (Å²) in [6.07, 6.45) is 1.71. The average Bonchev–Trinajstić information content (AvgIpc) is 3.20. The van der Waals surface area contributed by atoms with Crippen LogP contribution in [-0.2, 0) is 9.59 Å². The first kappa shape index (κ1) is 23.6. The summed E-state index contributed by atoms with van der Waals surface area (Å²) in [5, 5.41) is 2.53. The van der Waals surface area contributed by atoms with Crippen molar-refractivity contribution in [2.75, 3.05) is 11.9 Å². The van der Waals surface area contributed by atoms with Gasteiger partial charge in [0.2, 0.25) is 5.91 Å². The first-order valence-electron chi connectivity index (χ1n) is 9.99. The van der Waals surface area contributed by atoms with Crippen molar-refractivity contribution in [2.45, 2.75) is 13.8 Å². The SMILES string of the molecule is Cc1cc(/C=C2\SC(=O)N(CC(=O)Nc3ccccc3Cl)C2=O)c(C)n1-c1ccc(I)cc1. The Morgan fingerprint density at radius 3 is 2.52 bits per heavy atom. The maximum atomic E-state index is 12.9. The van der Waals surface area contributed by atoms with Gasteiger partial charge in [0.1, 0.15) is 6.54 Å². The van der Waals surface area contributed by atoms with E-state index < -0.39 is 17.1 Å². The van der Waals surface area contributed by atoms with Crippen LogP contribution in [0.5, 0.6) is 0 Å². The molecule has 1 aromatic heterocycles. The average molecular weight is 592 g/mol. The van der Waals surface area contributed by atoms with Crippen molar-refractivity contribution in [3.8, 4) is 5.69 Å². The van der Waals surface area contributed by atoms with E-state index in [1.807, 2.05) is 44.2 Å². The van der Waals surface area contributed by atoms with Gasteiger partial charge in [0.15, 0.2) is 0 Å². The molecule has 1 aliphatic heterocycles. The highest BCUT2D eigenvalue weighted by atomic mass is 127. The van der Waals surface area contributed by atoms with Crippen molar-refractivity contribution in [1.82, 2.24) is 9.47 Å². The Morgan fingerprint density at radius 2 is 1.82 bits per heavy atom. The van der Waals surface area contributed by atoms with Crippen LogP contribution in [0, 0.1) is 17.4 Å². The number of hydrogen-bond donors (Lipinski definition) is 1. The minimum atomic E-state index is -0.497. The Hall–Kier alpha value is -2.56. The highest BCUT2D eigenvalue weighted by Gasteiger charge is 2.36. The lowest BCUT2D eigenvalue weighted by molar-refractivity contribution is -0.127. The molecule has 0 unspecified atom stereocenters. The van der Waals surface area contributed by atoms with Gasteiger partial charge in [-0.15, -0.1) is 0 Å². The molecule has 1 N–H and O–H groups in total. The Balaban J connectivity index is 1.53. The number of nitrogens with zero attached hydrogens (tertiary/aromatic N) is 2. The fourth-order valence-electron chi connectivity index (χ4n) is 3.59. The smallest absolute Gasteiger partial charge is 0.294 e. The van der Waals surface area contributed by atoms with Gasteiger partial charge in [-0.1, -0.05) is 23.7 Å². The van der Waals surface area contributed by atoms with Crippen LogP contribution < -0.4 is 5.32 Å². The number of aryl methyl sites for hydroxylation is 1. The van der Waals surface area contributed by atoms with Crippen LogP contribution in [0.15, 0.2) is 59.5 Å². The lowest BCUT2D eigenvalue weighted by Gasteiger charge is -2.13. The van der Waals surface area contributed by atoms with Gasteiger partial charge in [0.25, 0.3) is 11.1 Å². The van der Waals surface area contributed by atoms with Gasteiger partial charge < -0.3 is 9.88 Å². The Kier molecular flexibility index (Phi) is 6.96. The monoisotopic (exact) mass is 591 g/mol. The maximum absolute atomic E-state index is 12.9. The number of thioether (sulfide) groups is 1. The molecule has 2 aromatic carbocycles. The molecule has 0 bridgehead atoms. The summed E-state index contributed by atoms with van der Waals surface area (Å²) in [5.74, 6) is -0.984. The maximum Gasteiger partial charge on any atom is 0.294 e. The first-order chi connectivity index (χ1) is 15.7. The van der Waals surface area contributed by atoms with E-state index in [0.29, 0.717) is 10.7 Å². The van der Waals surface area contributed by atoms with E-state index in [-0.39, 0.29) is 11.4 Å². The molecule has 6 nitrogen and oxygen atoms in total. The second-order valence-electron chi connectivity index (χ2n) is 7.43. The molecule has 0 atom stereocenters. The van der Waals surface area contributed by atoms with Gasteiger partial charge in [-0.3, -0.25) is 19.3 Å². The van der Waals surface area contributed by atoms with Gasteiger partial charge in [-0.25, -0.2) is 0 Å². The number of halogens is 2. The van der Waals surface area contributed by atoms with Crippen molar-refractivity contribution in [1.29, 1.82) is 0 Å². The van der Waals surface area contributed by atoms with Gasteiger partial charge in [0.05, 0.1) is 15.6 Å². The third-order valence-electron chi connectivity index (χ3n) is 5.16. The van der Waals surface area contributed by atoms with Gasteiger partial charge in [-0.2, -0.15) is 0 Å². The van der Waals surface area contributed by atoms with Crippen LogP contribution in [0.4, 0.5) is 10.5 Å². The van der Waals surface area contributed by atoms with Crippen LogP contribution >= 0.6 is 46.0 Å². The molecule has 9 heteroatoms. The minimum Gasteiger partial charge on any atom is -0.323 e. The van der Waals surface area contributed by atoms with E-state index in [4.69, 9.17) is 11.6 Å². The summed E-state index contributed by atoms with van der Waals surface area (Å²) in [6, 6.07) is 16.9. The molecule has 1 saturated heterocycles. The zero-order chi connectivity index (χ0) is 23.7. The third-order valence-corrected chi connectivity index (χ3v) is 7.12. The predicted octanol–water partition coefficient (Wildman–Crippen LogP) is 6.03. The van der Waals surface area contributed by atoms with Crippen LogP contribution in [0.3, 0.4) is 0 Å². The molecule has 3 amide bonds. The summed E-state index contributed by atoms with van der Waals surface area (Å²) >= 11 is 9.15. The highest BCUT2D eigenvalue weighted by Crippen LogP contribution is 2.34. The zero-order valence-electron chi connectivity index (χ0n) is 17.8. The van der Waals surface area contributed by atoms with E-state index in [1.54, 1.807) is 30.3 Å². The van der Waals surface area contributed by atoms with Gasteiger partial charge >= 0.3 is 0 Å². The summed E-state index contributed by atoms with van der Waals surface area (Å²) in [5.41, 5.74) is 4.26. The molecule has 1 aliphatic rings. The van der Waals surface area contributed by atoms with Crippen molar-refractivity contribution < 1.29 is 14.4 Å². The lowest BCUT2D eigenvalue weighted by Crippen LogP contribution is -2.36. The predicted molar refractivity (Wildman–Crippen MR) is 141 cm³/mol. The van der Waals surface area contributed by atoms with E-state index in [9.17, 15) is 14.4 Å². The van der Waals surface area contributed by atoms with Crippen molar-refractivity contribution in [3.05, 3.63) is 85.0 Å². The summed E-state index contributed by atoms with van der Waals surface area (Å²) in [4.78, 5) is 39.0. The summed E-state index contributed by atoms with van der Waals surface area (Å²) < 4.78 is 3.25. The number of rotatable bonds is 5. The molecular formula is C24H19ClIN3O3S. The molecular weight excluding hydrogens is 573 g/mol. The first-order valence-corrected chi connectivity index (χ1v) is 12.3. The molecule has 0 spiro atoms. The van der Waals surface area contributed by atoms with E-state index in [1.165, 1.54) is 0 Å². The number of aromatic nitrogens is 1. The molecule has 168 valence electrons. The zero-order valence-corrected chi connectivity index (χ0v) is 21.5. The normalized spacial score (nSPS) is 14.9. The standard InChI is InChI=1S/C24H19ClIN3O3S/c1-14-11-16(15(2)29(14)18-9-7-17(26)8-10-18)12-21-23(31)28(24(32)33-21)13-22(30)27-20-6-4-3-5-19(20)25/h3-12H,13H2,1-2H3,(H,27,30)/b21-12-. The minimum absolute atomic E-state index is 0.286. The number of carbonyl (C=O) groups is 3. The van der Waals surface area contributed by atoms with Crippen molar-refractivity contribution in [2.24, 2.45) is 0 Å². The fourth-order valence-corrected chi connectivity index (χ4v) is 4.97. The van der Waals surface area contributed by atoms with E-state index in [0.717, 1.165) is 42.9 Å². The molecule has 4 rings (SSSR count). The number of para-hydroxylation sites is 1. The Labute approximate surface area is 214 Å². The highest BCUT2D eigenvalue weighted by molar-refractivity contribution is 14.1. The number of nitrogens with one attached hydrogen (secondary N) is 1.